The zero-order chi connectivity index (χ0) is 20.1. The molecule has 0 saturated heterocycles. The Labute approximate surface area is 176 Å². The zero-order valence-corrected chi connectivity index (χ0v) is 19.4. The Hall–Kier alpha value is -0.790. The first kappa shape index (κ1) is 25.2. The second-order valence-corrected chi connectivity index (χ2v) is 8.80. The Bertz CT molecular complexity index is 424. The van der Waals surface area contributed by atoms with E-state index in [1.807, 2.05) is 6.20 Å². The van der Waals surface area contributed by atoms with Crippen LogP contribution in [0.5, 0.6) is 0 Å². The minimum absolute atomic E-state index is 1.17. The fourth-order valence-corrected chi connectivity index (χ4v) is 4.14. The van der Waals surface area contributed by atoms with Crippen LogP contribution in [-0.4, -0.2) is 9.55 Å². The Morgan fingerprint density at radius 3 is 1.50 bits per heavy atom. The standard InChI is InChI=1S/C26H50N2/c1-3-5-7-9-11-13-15-17-19-21-24-28-25-23-27-26(28)22-20-18-16-14-12-10-8-6-4-2/h23,25H,3-22,24H2,1-2H3. The highest BCUT2D eigenvalue weighted by atomic mass is 15.1. The lowest BCUT2D eigenvalue weighted by molar-refractivity contribution is 0.521. The summed E-state index contributed by atoms with van der Waals surface area (Å²) >= 11 is 0. The van der Waals surface area contributed by atoms with E-state index in [-0.39, 0.29) is 0 Å². The molecule has 0 aliphatic rings. The molecule has 0 N–H and O–H groups in total. The molecule has 2 heteroatoms. The molecule has 164 valence electrons. The first-order chi connectivity index (χ1) is 13.9. The maximum Gasteiger partial charge on any atom is 0.108 e. The number of aryl methyl sites for hydroxylation is 2. The molecule has 0 saturated carbocycles. The van der Waals surface area contributed by atoms with Gasteiger partial charge < -0.3 is 4.57 Å². The Balaban J connectivity index is 1.95. The Morgan fingerprint density at radius 2 is 1.00 bits per heavy atom. The van der Waals surface area contributed by atoms with E-state index in [0.29, 0.717) is 0 Å². The van der Waals surface area contributed by atoms with Crippen molar-refractivity contribution in [1.29, 1.82) is 0 Å². The molecule has 1 aromatic heterocycles. The third kappa shape index (κ3) is 14.2. The van der Waals surface area contributed by atoms with Crippen molar-refractivity contribution in [1.82, 2.24) is 9.55 Å². The molecule has 0 atom stereocenters. The van der Waals surface area contributed by atoms with Gasteiger partial charge in [0.05, 0.1) is 0 Å². The third-order valence-corrected chi connectivity index (χ3v) is 6.06. The number of imidazole rings is 1. The van der Waals surface area contributed by atoms with Gasteiger partial charge in [-0.3, -0.25) is 0 Å². The van der Waals surface area contributed by atoms with Crippen molar-refractivity contribution >= 4 is 0 Å². The average Bonchev–Trinajstić information content (AvgIpc) is 3.15. The summed E-state index contributed by atoms with van der Waals surface area (Å²) in [5.41, 5.74) is 0. The zero-order valence-electron chi connectivity index (χ0n) is 19.4. The van der Waals surface area contributed by atoms with Gasteiger partial charge in [0.15, 0.2) is 0 Å². The van der Waals surface area contributed by atoms with E-state index >= 15 is 0 Å². The molecule has 0 aliphatic heterocycles. The van der Waals surface area contributed by atoms with E-state index in [2.05, 4.69) is 29.6 Å². The van der Waals surface area contributed by atoms with Gasteiger partial charge in [-0.15, -0.1) is 0 Å². The van der Waals surface area contributed by atoms with Crippen molar-refractivity contribution in [2.45, 2.75) is 149 Å². The molecule has 0 unspecified atom stereocenters. The summed E-state index contributed by atoms with van der Waals surface area (Å²) < 4.78 is 2.41. The molecule has 0 spiro atoms. The molecular weight excluding hydrogens is 340 g/mol. The molecule has 0 radical (unpaired) electrons. The van der Waals surface area contributed by atoms with Crippen molar-refractivity contribution in [3.63, 3.8) is 0 Å². The van der Waals surface area contributed by atoms with Gasteiger partial charge in [-0.25, -0.2) is 4.98 Å². The second kappa shape index (κ2) is 19.5. The van der Waals surface area contributed by atoms with Crippen LogP contribution in [0.25, 0.3) is 0 Å². The van der Waals surface area contributed by atoms with Crippen molar-refractivity contribution < 1.29 is 0 Å². The van der Waals surface area contributed by atoms with Crippen molar-refractivity contribution in [3.8, 4) is 0 Å². The summed E-state index contributed by atoms with van der Waals surface area (Å²) in [4.78, 5) is 4.61. The van der Waals surface area contributed by atoms with Crippen LogP contribution in [0, 0.1) is 0 Å². The summed E-state index contributed by atoms with van der Waals surface area (Å²) in [6.07, 6.45) is 32.1. The maximum atomic E-state index is 4.61. The molecule has 0 aromatic carbocycles. The average molecular weight is 391 g/mol. The maximum absolute atomic E-state index is 4.61. The van der Waals surface area contributed by atoms with Crippen LogP contribution in [0.4, 0.5) is 0 Å². The molecular formula is C26H50N2. The van der Waals surface area contributed by atoms with E-state index in [4.69, 9.17) is 0 Å². The fourth-order valence-electron chi connectivity index (χ4n) is 4.14. The molecule has 1 rings (SSSR count). The third-order valence-electron chi connectivity index (χ3n) is 6.06. The Kier molecular flexibility index (Phi) is 17.6. The van der Waals surface area contributed by atoms with Crippen LogP contribution in [-0.2, 0) is 13.0 Å². The van der Waals surface area contributed by atoms with Crippen molar-refractivity contribution in [2.24, 2.45) is 0 Å². The molecule has 2 nitrogen and oxygen atoms in total. The van der Waals surface area contributed by atoms with E-state index < -0.39 is 0 Å². The normalized spacial score (nSPS) is 11.4. The number of unbranched alkanes of at least 4 members (excludes halogenated alkanes) is 17. The topological polar surface area (TPSA) is 17.8 Å². The summed E-state index contributed by atoms with van der Waals surface area (Å²) in [6, 6.07) is 0. The lowest BCUT2D eigenvalue weighted by atomic mass is 10.1. The van der Waals surface area contributed by atoms with Crippen LogP contribution in [0.1, 0.15) is 142 Å². The minimum atomic E-state index is 1.17. The smallest absolute Gasteiger partial charge is 0.108 e. The van der Waals surface area contributed by atoms with Crippen LogP contribution >= 0.6 is 0 Å². The second-order valence-electron chi connectivity index (χ2n) is 8.80. The lowest BCUT2D eigenvalue weighted by Crippen LogP contribution is -2.03. The molecule has 0 amide bonds. The molecule has 1 heterocycles. The van der Waals surface area contributed by atoms with Gasteiger partial charge in [-0.05, 0) is 12.8 Å². The number of aromatic nitrogens is 2. The minimum Gasteiger partial charge on any atom is -0.335 e. The first-order valence-corrected chi connectivity index (χ1v) is 12.9. The largest absolute Gasteiger partial charge is 0.335 e. The number of hydrogen-bond donors (Lipinski definition) is 0. The van der Waals surface area contributed by atoms with Crippen LogP contribution < -0.4 is 0 Å². The summed E-state index contributed by atoms with van der Waals surface area (Å²) in [5, 5.41) is 0. The number of hydrogen-bond acceptors (Lipinski definition) is 1. The van der Waals surface area contributed by atoms with Crippen LogP contribution in [0.2, 0.25) is 0 Å². The van der Waals surface area contributed by atoms with Gasteiger partial charge in [0.1, 0.15) is 5.82 Å². The van der Waals surface area contributed by atoms with E-state index in [0.717, 1.165) is 0 Å². The van der Waals surface area contributed by atoms with E-state index in [1.54, 1.807) is 0 Å². The highest BCUT2D eigenvalue weighted by molar-refractivity contribution is 4.92. The van der Waals surface area contributed by atoms with E-state index in [9.17, 15) is 0 Å². The molecule has 28 heavy (non-hydrogen) atoms. The van der Waals surface area contributed by atoms with Gasteiger partial charge in [-0.2, -0.15) is 0 Å². The lowest BCUT2D eigenvalue weighted by Gasteiger charge is -2.08. The first-order valence-electron chi connectivity index (χ1n) is 12.9. The highest BCUT2D eigenvalue weighted by Gasteiger charge is 2.03. The molecule has 0 aliphatic carbocycles. The fraction of sp³-hybridized carbons (Fsp3) is 0.885. The Morgan fingerprint density at radius 1 is 0.571 bits per heavy atom. The van der Waals surface area contributed by atoms with Gasteiger partial charge in [0, 0.05) is 25.4 Å². The molecule has 0 fully saturated rings. The summed E-state index contributed by atoms with van der Waals surface area (Å²) in [7, 11) is 0. The highest BCUT2D eigenvalue weighted by Crippen LogP contribution is 2.13. The van der Waals surface area contributed by atoms with Gasteiger partial charge in [0.2, 0.25) is 0 Å². The molecule has 1 aromatic rings. The van der Waals surface area contributed by atoms with Crippen LogP contribution in [0.15, 0.2) is 12.4 Å². The predicted octanol–water partition coefficient (Wildman–Crippen LogP) is 8.88. The predicted molar refractivity (Wildman–Crippen MR) is 125 cm³/mol. The van der Waals surface area contributed by atoms with Crippen molar-refractivity contribution in [3.05, 3.63) is 18.2 Å². The summed E-state index contributed by atoms with van der Waals surface area (Å²) in [6.45, 7) is 5.76. The van der Waals surface area contributed by atoms with Gasteiger partial charge >= 0.3 is 0 Å². The number of rotatable bonds is 21. The monoisotopic (exact) mass is 390 g/mol. The van der Waals surface area contributed by atoms with Crippen LogP contribution in [0.3, 0.4) is 0 Å². The number of nitrogens with zero attached hydrogens (tertiary/aromatic N) is 2. The molecule has 0 bridgehead atoms. The summed E-state index contributed by atoms with van der Waals surface area (Å²) in [5.74, 6) is 1.32. The van der Waals surface area contributed by atoms with Crippen molar-refractivity contribution in [2.75, 3.05) is 0 Å². The van der Waals surface area contributed by atoms with E-state index in [1.165, 1.54) is 141 Å². The SMILES string of the molecule is CCCCCCCCCCCCn1ccnc1CCCCCCCCCCC. The van der Waals surface area contributed by atoms with Gasteiger partial charge in [-0.1, -0.05) is 123 Å². The van der Waals surface area contributed by atoms with Gasteiger partial charge in [0.25, 0.3) is 0 Å². The quantitative estimate of drug-likeness (QED) is 0.192.